The first-order chi connectivity index (χ1) is 14.5. The fourth-order valence-corrected chi connectivity index (χ4v) is 3.32. The lowest BCUT2D eigenvalue weighted by molar-refractivity contribution is -0.117. The lowest BCUT2D eigenvalue weighted by atomic mass is 10.1. The second kappa shape index (κ2) is 8.61. The molecule has 1 N–H and O–H groups in total. The van der Waals surface area contributed by atoms with Gasteiger partial charge >= 0.3 is 0 Å². The van der Waals surface area contributed by atoms with Crippen molar-refractivity contribution in [3.8, 4) is 5.75 Å². The van der Waals surface area contributed by atoms with Crippen molar-refractivity contribution in [3.63, 3.8) is 0 Å². The lowest BCUT2D eigenvalue weighted by Gasteiger charge is -2.13. The van der Waals surface area contributed by atoms with Crippen molar-refractivity contribution in [3.05, 3.63) is 99.5 Å². The van der Waals surface area contributed by atoms with Crippen LogP contribution in [0.2, 0.25) is 10.0 Å². The fraction of sp³-hybridized carbons (Fsp3) is 0.0435. The van der Waals surface area contributed by atoms with Crippen molar-refractivity contribution in [1.82, 2.24) is 5.43 Å². The molecule has 3 aromatic carbocycles. The Bertz CT molecular complexity index is 1130. The van der Waals surface area contributed by atoms with Crippen LogP contribution in [-0.2, 0) is 16.2 Å². The van der Waals surface area contributed by atoms with Gasteiger partial charge in [0.05, 0.1) is 10.7 Å². The maximum Gasteiger partial charge on any atom is 0.282 e. The summed E-state index contributed by atoms with van der Waals surface area (Å²) >= 11 is 12.2. The van der Waals surface area contributed by atoms with E-state index >= 15 is 0 Å². The summed E-state index contributed by atoms with van der Waals surface area (Å²) in [6.45, 7) is 0.338. The summed E-state index contributed by atoms with van der Waals surface area (Å²) in [4.78, 5) is 25.0. The Morgan fingerprint density at radius 1 is 0.933 bits per heavy atom. The number of carbonyl (C=O) groups excluding carboxylic acids is 2. The molecule has 150 valence electrons. The zero-order chi connectivity index (χ0) is 21.1. The normalized spacial score (nSPS) is 14.9. The Labute approximate surface area is 183 Å². The third-order valence-corrected chi connectivity index (χ3v) is 5.03. The largest absolute Gasteiger partial charge is 0.487 e. The Morgan fingerprint density at radius 3 is 2.37 bits per heavy atom. The standard InChI is InChI=1S/C23H16Cl2N2O3/c24-17-9-6-15(7-10-17)14-30-21-11-8-16(13-20(21)25)12-19-22(28)26-27(23(19)29)18-4-2-1-3-5-18/h1-13H,14H2,(H,26,28). The van der Waals surface area contributed by atoms with Gasteiger partial charge in [-0.05, 0) is 53.6 Å². The van der Waals surface area contributed by atoms with Crippen molar-refractivity contribution >= 4 is 46.8 Å². The highest BCUT2D eigenvalue weighted by Crippen LogP contribution is 2.28. The number of hydrogen-bond donors (Lipinski definition) is 1. The highest BCUT2D eigenvalue weighted by atomic mass is 35.5. The van der Waals surface area contributed by atoms with E-state index in [1.807, 2.05) is 18.2 Å². The SMILES string of the molecule is O=C1NN(c2ccccc2)C(=O)C1=Cc1ccc(OCc2ccc(Cl)cc2)c(Cl)c1. The molecule has 1 heterocycles. The summed E-state index contributed by atoms with van der Waals surface area (Å²) in [7, 11) is 0. The van der Waals surface area contributed by atoms with Crippen molar-refractivity contribution in [2.45, 2.75) is 6.61 Å². The number of hydrogen-bond acceptors (Lipinski definition) is 3. The second-order valence-corrected chi connectivity index (χ2v) is 7.42. The number of amides is 2. The van der Waals surface area contributed by atoms with Crippen molar-refractivity contribution in [2.24, 2.45) is 0 Å². The van der Waals surface area contributed by atoms with Crippen LogP contribution >= 0.6 is 23.2 Å². The highest BCUT2D eigenvalue weighted by molar-refractivity contribution is 6.33. The van der Waals surface area contributed by atoms with Crippen molar-refractivity contribution in [2.75, 3.05) is 5.01 Å². The zero-order valence-corrected chi connectivity index (χ0v) is 17.2. The molecule has 7 heteroatoms. The molecule has 1 aliphatic rings. The summed E-state index contributed by atoms with van der Waals surface area (Å²) in [6.07, 6.45) is 1.51. The molecule has 1 aliphatic heterocycles. The maximum atomic E-state index is 12.7. The highest BCUT2D eigenvalue weighted by Gasteiger charge is 2.34. The number of halogens is 2. The minimum atomic E-state index is -0.469. The number of anilines is 1. The van der Waals surface area contributed by atoms with Gasteiger partial charge in [-0.15, -0.1) is 0 Å². The van der Waals surface area contributed by atoms with Gasteiger partial charge in [-0.25, -0.2) is 5.01 Å². The summed E-state index contributed by atoms with van der Waals surface area (Å²) in [6, 6.07) is 21.3. The number of rotatable bonds is 5. The summed E-state index contributed by atoms with van der Waals surface area (Å²) < 4.78 is 5.75. The van der Waals surface area contributed by atoms with Crippen molar-refractivity contribution in [1.29, 1.82) is 0 Å². The van der Waals surface area contributed by atoms with Crippen LogP contribution in [0.25, 0.3) is 6.08 Å². The summed E-state index contributed by atoms with van der Waals surface area (Å²) in [5, 5.41) is 2.26. The Balaban J connectivity index is 1.50. The van der Waals surface area contributed by atoms with Gasteiger partial charge in [-0.2, -0.15) is 0 Å². The van der Waals surface area contributed by atoms with E-state index in [9.17, 15) is 9.59 Å². The molecule has 3 aromatic rings. The van der Waals surface area contributed by atoms with Gasteiger partial charge in [0.1, 0.15) is 17.9 Å². The topological polar surface area (TPSA) is 58.6 Å². The van der Waals surface area contributed by atoms with E-state index in [-0.39, 0.29) is 5.57 Å². The van der Waals surface area contributed by atoms with E-state index in [2.05, 4.69) is 5.43 Å². The number of para-hydroxylation sites is 1. The molecule has 0 aliphatic carbocycles. The van der Waals surface area contributed by atoms with Crippen LogP contribution in [0.5, 0.6) is 5.75 Å². The van der Waals surface area contributed by atoms with Crippen LogP contribution in [0.1, 0.15) is 11.1 Å². The van der Waals surface area contributed by atoms with E-state index in [1.165, 1.54) is 11.1 Å². The number of nitrogens with one attached hydrogen (secondary N) is 1. The van der Waals surface area contributed by atoms with E-state index < -0.39 is 11.8 Å². The molecule has 0 aromatic heterocycles. The van der Waals surface area contributed by atoms with Gasteiger partial charge in [-0.3, -0.25) is 15.0 Å². The van der Waals surface area contributed by atoms with Crippen LogP contribution in [0.4, 0.5) is 5.69 Å². The number of ether oxygens (including phenoxy) is 1. The molecular formula is C23H16Cl2N2O3. The average molecular weight is 439 g/mol. The number of nitrogens with zero attached hydrogens (tertiary/aromatic N) is 1. The molecule has 5 nitrogen and oxygen atoms in total. The van der Waals surface area contributed by atoms with Gasteiger partial charge in [0.25, 0.3) is 11.8 Å². The monoisotopic (exact) mass is 438 g/mol. The molecule has 1 saturated heterocycles. The summed E-state index contributed by atoms with van der Waals surface area (Å²) in [5.41, 5.74) is 4.76. The molecule has 2 amide bonds. The molecule has 0 radical (unpaired) electrons. The maximum absolute atomic E-state index is 12.7. The van der Waals surface area contributed by atoms with E-state index in [0.29, 0.717) is 33.7 Å². The molecule has 0 spiro atoms. The summed E-state index contributed by atoms with van der Waals surface area (Å²) in [5.74, 6) is -0.393. The number of hydrazine groups is 1. The first-order valence-electron chi connectivity index (χ1n) is 9.10. The first-order valence-corrected chi connectivity index (χ1v) is 9.86. The lowest BCUT2D eigenvalue weighted by Crippen LogP contribution is -2.35. The number of benzene rings is 3. The van der Waals surface area contributed by atoms with Gasteiger partial charge < -0.3 is 4.74 Å². The van der Waals surface area contributed by atoms with Crippen LogP contribution in [0.3, 0.4) is 0 Å². The van der Waals surface area contributed by atoms with Crippen molar-refractivity contribution < 1.29 is 14.3 Å². The molecule has 0 unspecified atom stereocenters. The third-order valence-electron chi connectivity index (χ3n) is 4.48. The van der Waals surface area contributed by atoms with Gasteiger partial charge in [0, 0.05) is 5.02 Å². The Morgan fingerprint density at radius 2 is 1.67 bits per heavy atom. The van der Waals surface area contributed by atoms with Crippen LogP contribution in [-0.4, -0.2) is 11.8 Å². The molecule has 0 atom stereocenters. The molecule has 0 saturated carbocycles. The van der Waals surface area contributed by atoms with E-state index in [0.717, 1.165) is 5.56 Å². The Kier molecular flexibility index (Phi) is 5.74. The van der Waals surface area contributed by atoms with Gasteiger partial charge in [-0.1, -0.05) is 59.6 Å². The second-order valence-electron chi connectivity index (χ2n) is 6.58. The molecule has 4 rings (SSSR count). The smallest absolute Gasteiger partial charge is 0.282 e. The van der Waals surface area contributed by atoms with Gasteiger partial charge in [0.2, 0.25) is 0 Å². The van der Waals surface area contributed by atoms with E-state index in [4.69, 9.17) is 27.9 Å². The zero-order valence-electron chi connectivity index (χ0n) is 15.6. The predicted molar refractivity (Wildman–Crippen MR) is 117 cm³/mol. The quantitative estimate of drug-likeness (QED) is 0.448. The minimum absolute atomic E-state index is 0.0322. The van der Waals surface area contributed by atoms with E-state index in [1.54, 1.807) is 54.6 Å². The molecular weight excluding hydrogens is 423 g/mol. The molecule has 30 heavy (non-hydrogen) atoms. The van der Waals surface area contributed by atoms with Crippen LogP contribution in [0.15, 0.2) is 78.4 Å². The molecule has 0 bridgehead atoms. The Hall–Kier alpha value is -3.28. The minimum Gasteiger partial charge on any atom is -0.487 e. The van der Waals surface area contributed by atoms with Crippen LogP contribution < -0.4 is 15.2 Å². The first kappa shape index (κ1) is 20.0. The molecule has 1 fully saturated rings. The predicted octanol–water partition coefficient (Wildman–Crippen LogP) is 5.03. The fourth-order valence-electron chi connectivity index (χ4n) is 2.95. The third kappa shape index (κ3) is 4.32. The number of carbonyl (C=O) groups is 2. The van der Waals surface area contributed by atoms with Gasteiger partial charge in [0.15, 0.2) is 0 Å². The average Bonchev–Trinajstić information content (AvgIpc) is 3.03. The van der Waals surface area contributed by atoms with Crippen LogP contribution in [0, 0.1) is 0 Å².